The van der Waals surface area contributed by atoms with Crippen LogP contribution >= 0.6 is 0 Å². The van der Waals surface area contributed by atoms with E-state index in [1.807, 2.05) is 0 Å². The lowest BCUT2D eigenvalue weighted by Gasteiger charge is -2.60. The Morgan fingerprint density at radius 2 is 1.82 bits per heavy atom. The average molecular weight is 547 g/mol. The van der Waals surface area contributed by atoms with Crippen molar-refractivity contribution < 1.29 is 49.0 Å². The van der Waals surface area contributed by atoms with Gasteiger partial charge in [0.1, 0.15) is 23.9 Å². The number of ketones is 1. The van der Waals surface area contributed by atoms with Crippen molar-refractivity contribution in [2.24, 2.45) is 11.8 Å². The summed E-state index contributed by atoms with van der Waals surface area (Å²) in [6.45, 7) is 6.01. The molecular weight excluding hydrogens is 508 g/mol. The lowest BCUT2D eigenvalue weighted by atomic mass is 9.59. The monoisotopic (exact) mass is 546 g/mol. The number of rotatable bonds is 8. The molecule has 4 rings (SSSR count). The van der Waals surface area contributed by atoms with E-state index in [0.29, 0.717) is 5.57 Å². The van der Waals surface area contributed by atoms with Crippen molar-refractivity contribution in [2.75, 3.05) is 6.61 Å². The number of aliphatic hydroxyl groups excluding tert-OH is 3. The van der Waals surface area contributed by atoms with Crippen molar-refractivity contribution in [3.05, 3.63) is 47.0 Å². The molecule has 2 aliphatic carbocycles. The second-order valence-corrected chi connectivity index (χ2v) is 11.1. The highest BCUT2D eigenvalue weighted by atomic mass is 16.6. The SMILES string of the molecule is CCC(=O)[C@H](O)C1=C(C)[C@@H](O)C[C@@](O)([C@@H](OC(=O)c2ccccc2)[C@H]2C[C@@H](O)C[C@H]3OC[C@@]23OC(C)=O)[C@@H]1C. The van der Waals surface area contributed by atoms with Crippen LogP contribution in [0.25, 0.3) is 0 Å². The van der Waals surface area contributed by atoms with Crippen molar-refractivity contribution in [2.45, 2.75) is 95.1 Å². The Hall–Kier alpha value is -2.63. The van der Waals surface area contributed by atoms with Crippen LogP contribution in [-0.2, 0) is 23.8 Å². The molecule has 1 saturated heterocycles. The third-order valence-corrected chi connectivity index (χ3v) is 8.77. The third kappa shape index (κ3) is 5.16. The fourth-order valence-electron chi connectivity index (χ4n) is 6.55. The Morgan fingerprint density at radius 1 is 1.15 bits per heavy atom. The number of hydrogen-bond acceptors (Lipinski definition) is 10. The van der Waals surface area contributed by atoms with Crippen LogP contribution in [0.1, 0.15) is 63.7 Å². The quantitative estimate of drug-likeness (QED) is 0.278. The number of ether oxygens (including phenoxy) is 3. The average Bonchev–Trinajstić information content (AvgIpc) is 2.89. The van der Waals surface area contributed by atoms with Crippen LogP contribution in [-0.4, -0.2) is 86.5 Å². The summed E-state index contributed by atoms with van der Waals surface area (Å²) in [6, 6.07) is 8.15. The highest BCUT2D eigenvalue weighted by Crippen LogP contribution is 2.53. The van der Waals surface area contributed by atoms with Gasteiger partial charge in [-0.3, -0.25) is 9.59 Å². The van der Waals surface area contributed by atoms with E-state index in [4.69, 9.17) is 14.2 Å². The molecular formula is C29H38O10. The third-order valence-electron chi connectivity index (χ3n) is 8.77. The van der Waals surface area contributed by atoms with E-state index in [-0.39, 0.29) is 43.4 Å². The van der Waals surface area contributed by atoms with Crippen molar-refractivity contribution in [1.82, 2.24) is 0 Å². The minimum atomic E-state index is -2.01. The first-order chi connectivity index (χ1) is 18.4. The van der Waals surface area contributed by atoms with E-state index in [1.54, 1.807) is 51.1 Å². The summed E-state index contributed by atoms with van der Waals surface area (Å²) in [6.07, 6.45) is -5.88. The Balaban J connectivity index is 1.84. The second-order valence-electron chi connectivity index (χ2n) is 11.1. The largest absolute Gasteiger partial charge is 0.455 e. The molecule has 10 nitrogen and oxygen atoms in total. The summed E-state index contributed by atoms with van der Waals surface area (Å²) in [5, 5.41) is 45.2. The van der Waals surface area contributed by atoms with Gasteiger partial charge in [0, 0.05) is 38.0 Å². The smallest absolute Gasteiger partial charge is 0.338 e. The summed E-state index contributed by atoms with van der Waals surface area (Å²) >= 11 is 0. The highest BCUT2D eigenvalue weighted by Gasteiger charge is 2.67. The van der Waals surface area contributed by atoms with Gasteiger partial charge in [-0.2, -0.15) is 0 Å². The van der Waals surface area contributed by atoms with Crippen molar-refractivity contribution in [3.8, 4) is 0 Å². The number of fused-ring (bicyclic) bond motifs is 1. The van der Waals surface area contributed by atoms with Gasteiger partial charge in [-0.05, 0) is 36.6 Å². The molecule has 214 valence electrons. The zero-order chi connectivity index (χ0) is 28.7. The fraction of sp³-hybridized carbons (Fsp3) is 0.621. The molecule has 4 N–H and O–H groups in total. The van der Waals surface area contributed by atoms with Crippen molar-refractivity contribution in [3.63, 3.8) is 0 Å². The van der Waals surface area contributed by atoms with E-state index < -0.39 is 71.3 Å². The van der Waals surface area contributed by atoms with Gasteiger partial charge in [0.05, 0.1) is 24.4 Å². The van der Waals surface area contributed by atoms with Crippen LogP contribution in [0.2, 0.25) is 0 Å². The number of hydrogen-bond donors (Lipinski definition) is 4. The van der Waals surface area contributed by atoms with Crippen LogP contribution in [0.4, 0.5) is 0 Å². The Labute approximate surface area is 227 Å². The Morgan fingerprint density at radius 3 is 2.38 bits per heavy atom. The Kier molecular flexibility index (Phi) is 8.35. The number of carbonyl (C=O) groups is 3. The van der Waals surface area contributed by atoms with E-state index >= 15 is 0 Å². The molecule has 39 heavy (non-hydrogen) atoms. The molecule has 0 radical (unpaired) electrons. The summed E-state index contributed by atoms with van der Waals surface area (Å²) < 4.78 is 17.5. The van der Waals surface area contributed by atoms with E-state index in [1.165, 1.54) is 6.92 Å². The van der Waals surface area contributed by atoms with Gasteiger partial charge >= 0.3 is 11.9 Å². The zero-order valence-corrected chi connectivity index (χ0v) is 22.7. The van der Waals surface area contributed by atoms with E-state index in [2.05, 4.69) is 0 Å². The first kappa shape index (κ1) is 29.4. The molecule has 1 heterocycles. The number of carbonyl (C=O) groups excluding carboxylic acids is 3. The highest BCUT2D eigenvalue weighted by molar-refractivity contribution is 5.89. The molecule has 2 fully saturated rings. The molecule has 0 amide bonds. The number of esters is 2. The summed E-state index contributed by atoms with van der Waals surface area (Å²) in [4.78, 5) is 38.2. The summed E-state index contributed by atoms with van der Waals surface area (Å²) in [5.74, 6) is -3.71. The standard InChI is InChI=1S/C29H38O10/c1-5-21(32)25(34)24-15(2)22(33)13-28(36,16(24)3)26(38-27(35)18-9-7-6-8-10-18)20-11-19(31)12-23-29(20,14-37-23)39-17(4)30/h6-10,16,19-20,22-23,25-26,31,33-34,36H,5,11-14H2,1-4H3/t16-,19-,20-,22+,23-,25+,26+,28+,29-/m1/s1. The first-order valence-corrected chi connectivity index (χ1v) is 13.4. The molecule has 1 aromatic carbocycles. The zero-order valence-electron chi connectivity index (χ0n) is 22.7. The molecule has 9 atom stereocenters. The van der Waals surface area contributed by atoms with Crippen LogP contribution in [0.5, 0.6) is 0 Å². The predicted octanol–water partition coefficient (Wildman–Crippen LogP) is 1.47. The van der Waals surface area contributed by atoms with Gasteiger partial charge in [-0.25, -0.2) is 4.79 Å². The lowest BCUT2D eigenvalue weighted by molar-refractivity contribution is -0.318. The molecule has 10 heteroatoms. The normalized spacial score (nSPS) is 35.7. The van der Waals surface area contributed by atoms with Gasteiger partial charge in [-0.15, -0.1) is 0 Å². The fourth-order valence-corrected chi connectivity index (χ4v) is 6.55. The molecule has 1 saturated carbocycles. The van der Waals surface area contributed by atoms with Gasteiger partial charge < -0.3 is 34.6 Å². The molecule has 1 aliphatic heterocycles. The van der Waals surface area contributed by atoms with Gasteiger partial charge in [0.15, 0.2) is 11.4 Å². The number of Topliss-reactive ketones (excluding diaryl/α,β-unsaturated/α-hetero) is 1. The van der Waals surface area contributed by atoms with E-state index in [9.17, 15) is 34.8 Å². The summed E-state index contributed by atoms with van der Waals surface area (Å²) in [5.41, 5.74) is -2.58. The van der Waals surface area contributed by atoms with Gasteiger partial charge in [0.2, 0.25) is 0 Å². The minimum absolute atomic E-state index is 0.0134. The maximum absolute atomic E-state index is 13.4. The van der Waals surface area contributed by atoms with Crippen LogP contribution < -0.4 is 0 Å². The maximum atomic E-state index is 13.4. The maximum Gasteiger partial charge on any atom is 0.338 e. The van der Waals surface area contributed by atoms with Crippen molar-refractivity contribution in [1.29, 1.82) is 0 Å². The lowest BCUT2D eigenvalue weighted by Crippen LogP contribution is -2.74. The molecule has 3 aliphatic rings. The molecule has 0 aromatic heterocycles. The molecule has 0 bridgehead atoms. The minimum Gasteiger partial charge on any atom is -0.455 e. The van der Waals surface area contributed by atoms with Crippen LogP contribution in [0, 0.1) is 11.8 Å². The molecule has 1 aromatic rings. The molecule has 0 spiro atoms. The van der Waals surface area contributed by atoms with Gasteiger partial charge in [-0.1, -0.05) is 32.0 Å². The van der Waals surface area contributed by atoms with Crippen molar-refractivity contribution >= 4 is 17.7 Å². The Bertz CT molecular complexity index is 1130. The van der Waals surface area contributed by atoms with Crippen LogP contribution in [0.3, 0.4) is 0 Å². The van der Waals surface area contributed by atoms with Gasteiger partial charge in [0.25, 0.3) is 0 Å². The molecule has 0 unspecified atom stereocenters. The van der Waals surface area contributed by atoms with Crippen LogP contribution in [0.15, 0.2) is 41.5 Å². The first-order valence-electron chi connectivity index (χ1n) is 13.4. The second kappa shape index (κ2) is 11.1. The van der Waals surface area contributed by atoms with E-state index in [0.717, 1.165) is 0 Å². The summed E-state index contributed by atoms with van der Waals surface area (Å²) in [7, 11) is 0. The number of aliphatic hydroxyl groups is 4. The predicted molar refractivity (Wildman–Crippen MR) is 137 cm³/mol. The topological polar surface area (TPSA) is 160 Å². The number of benzene rings is 1.